The smallest absolute Gasteiger partial charge is 0.254 e. The number of fused-ring (bicyclic) bond motifs is 2. The lowest BCUT2D eigenvalue weighted by Crippen LogP contribution is -2.61. The second-order valence-electron chi connectivity index (χ2n) is 6.74. The fourth-order valence-corrected chi connectivity index (χ4v) is 3.88. The van der Waals surface area contributed by atoms with Crippen molar-refractivity contribution in [2.75, 3.05) is 13.1 Å². The number of hydrogen-bond donors (Lipinski definition) is 0. The molecule has 3 nitrogen and oxygen atoms in total. The number of carbonyl (C=O) groups is 1. The fourth-order valence-electron chi connectivity index (χ4n) is 3.88. The van der Waals surface area contributed by atoms with E-state index in [4.69, 9.17) is 0 Å². The molecular formula is C20H22N2O. The van der Waals surface area contributed by atoms with Crippen LogP contribution in [-0.4, -0.2) is 40.9 Å². The first kappa shape index (κ1) is 14.5. The highest BCUT2D eigenvalue weighted by molar-refractivity contribution is 5.97. The molecule has 0 spiro atoms. The van der Waals surface area contributed by atoms with E-state index in [1.54, 1.807) is 0 Å². The zero-order valence-corrected chi connectivity index (χ0v) is 13.5. The number of rotatable bonds is 2. The van der Waals surface area contributed by atoms with Gasteiger partial charge in [-0.25, -0.2) is 0 Å². The Hall–Kier alpha value is -2.13. The number of piperazine rings is 1. The molecular weight excluding hydrogens is 284 g/mol. The van der Waals surface area contributed by atoms with E-state index < -0.39 is 0 Å². The Morgan fingerprint density at radius 1 is 1.00 bits per heavy atom. The minimum atomic E-state index is 0.211. The summed E-state index contributed by atoms with van der Waals surface area (Å²) in [6.07, 6.45) is 0.972. The van der Waals surface area contributed by atoms with Crippen LogP contribution in [0.5, 0.6) is 0 Å². The second-order valence-corrected chi connectivity index (χ2v) is 6.74. The maximum atomic E-state index is 12.8. The van der Waals surface area contributed by atoms with Crippen LogP contribution in [0, 0.1) is 0 Å². The number of benzene rings is 2. The Morgan fingerprint density at radius 3 is 2.57 bits per heavy atom. The number of hydrogen-bond acceptors (Lipinski definition) is 2. The molecule has 0 aromatic heterocycles. The minimum absolute atomic E-state index is 0.211. The van der Waals surface area contributed by atoms with Crippen LogP contribution >= 0.6 is 0 Å². The number of nitrogens with zero attached hydrogens (tertiary/aromatic N) is 2. The summed E-state index contributed by atoms with van der Waals surface area (Å²) >= 11 is 0. The molecule has 1 unspecified atom stereocenters. The maximum Gasteiger partial charge on any atom is 0.254 e. The minimum Gasteiger partial charge on any atom is -0.332 e. The van der Waals surface area contributed by atoms with Gasteiger partial charge in [-0.05, 0) is 30.5 Å². The van der Waals surface area contributed by atoms with Gasteiger partial charge in [0, 0.05) is 37.3 Å². The van der Waals surface area contributed by atoms with E-state index >= 15 is 0 Å². The van der Waals surface area contributed by atoms with Crippen LogP contribution < -0.4 is 0 Å². The molecule has 1 saturated heterocycles. The Bertz CT molecular complexity index is 713. The molecule has 0 radical (unpaired) electrons. The lowest BCUT2D eigenvalue weighted by atomic mass is 9.90. The lowest BCUT2D eigenvalue weighted by Gasteiger charge is -2.47. The maximum absolute atomic E-state index is 12.8. The average Bonchev–Trinajstić information content (AvgIpc) is 2.58. The molecule has 4 rings (SSSR count). The first-order valence-electron chi connectivity index (χ1n) is 8.39. The molecule has 2 aromatic rings. The first-order valence-corrected chi connectivity index (χ1v) is 8.39. The van der Waals surface area contributed by atoms with E-state index in [1.807, 2.05) is 18.2 Å². The molecule has 2 aliphatic heterocycles. The van der Waals surface area contributed by atoms with Crippen molar-refractivity contribution in [2.45, 2.75) is 32.0 Å². The van der Waals surface area contributed by atoms with Crippen LogP contribution in [0.4, 0.5) is 0 Å². The molecule has 2 aromatic carbocycles. The van der Waals surface area contributed by atoms with Gasteiger partial charge in [0.25, 0.3) is 5.91 Å². The van der Waals surface area contributed by atoms with E-state index in [1.165, 1.54) is 11.1 Å². The summed E-state index contributed by atoms with van der Waals surface area (Å²) in [5.41, 5.74) is 3.44. The number of amides is 1. The second kappa shape index (κ2) is 5.82. The van der Waals surface area contributed by atoms with Gasteiger partial charge in [-0.15, -0.1) is 0 Å². The molecule has 0 aliphatic carbocycles. The largest absolute Gasteiger partial charge is 0.332 e. The SMILES string of the molecule is C[C@H]1CN2C(=O)c3ccccc3CC2CN1Cc1ccccc1. The number of carbonyl (C=O) groups excluding carboxylic acids is 1. The van der Waals surface area contributed by atoms with E-state index in [-0.39, 0.29) is 5.91 Å². The molecule has 0 bridgehead atoms. The average molecular weight is 306 g/mol. The van der Waals surface area contributed by atoms with Crippen molar-refractivity contribution in [3.63, 3.8) is 0 Å². The van der Waals surface area contributed by atoms with Crippen LogP contribution in [0.2, 0.25) is 0 Å². The van der Waals surface area contributed by atoms with Gasteiger partial charge in [0.2, 0.25) is 0 Å². The molecule has 0 saturated carbocycles. The van der Waals surface area contributed by atoms with E-state index in [0.717, 1.165) is 31.6 Å². The molecule has 1 fully saturated rings. The summed E-state index contributed by atoms with van der Waals surface area (Å²) in [6.45, 7) is 4.97. The van der Waals surface area contributed by atoms with Crippen molar-refractivity contribution in [3.05, 3.63) is 71.3 Å². The molecule has 2 atom stereocenters. The summed E-state index contributed by atoms with van der Waals surface area (Å²) in [6, 6.07) is 19.4. The molecule has 2 aliphatic rings. The van der Waals surface area contributed by atoms with Crippen LogP contribution in [0.25, 0.3) is 0 Å². The predicted octanol–water partition coefficient (Wildman–Crippen LogP) is 2.96. The highest BCUT2D eigenvalue weighted by Crippen LogP contribution is 2.28. The normalized spacial score (nSPS) is 24.2. The molecule has 2 heterocycles. The summed E-state index contributed by atoms with van der Waals surface area (Å²) in [7, 11) is 0. The van der Waals surface area contributed by atoms with Gasteiger partial charge >= 0.3 is 0 Å². The van der Waals surface area contributed by atoms with Crippen LogP contribution in [-0.2, 0) is 13.0 Å². The van der Waals surface area contributed by atoms with Crippen molar-refractivity contribution in [1.82, 2.24) is 9.80 Å². The van der Waals surface area contributed by atoms with E-state index in [9.17, 15) is 4.79 Å². The van der Waals surface area contributed by atoms with Gasteiger partial charge in [-0.1, -0.05) is 48.5 Å². The van der Waals surface area contributed by atoms with Crippen LogP contribution in [0.1, 0.15) is 28.4 Å². The Labute approximate surface area is 137 Å². The van der Waals surface area contributed by atoms with Gasteiger partial charge in [-0.2, -0.15) is 0 Å². The summed E-state index contributed by atoms with van der Waals surface area (Å²) in [5, 5.41) is 0. The molecule has 1 amide bonds. The zero-order chi connectivity index (χ0) is 15.8. The van der Waals surface area contributed by atoms with E-state index in [0.29, 0.717) is 12.1 Å². The topological polar surface area (TPSA) is 23.6 Å². The van der Waals surface area contributed by atoms with Crippen molar-refractivity contribution in [2.24, 2.45) is 0 Å². The van der Waals surface area contributed by atoms with Crippen molar-refractivity contribution < 1.29 is 4.79 Å². The Balaban J connectivity index is 1.56. The van der Waals surface area contributed by atoms with E-state index in [2.05, 4.69) is 53.1 Å². The standard InChI is InChI=1S/C20H22N2O/c1-15-12-22-18(11-17-9-5-6-10-19(17)20(22)23)14-21(15)13-16-7-3-2-4-8-16/h2-10,15,18H,11-14H2,1H3/t15-,18?/m0/s1. The lowest BCUT2D eigenvalue weighted by molar-refractivity contribution is 0.0210. The molecule has 0 N–H and O–H groups in total. The third-order valence-electron chi connectivity index (χ3n) is 5.16. The summed E-state index contributed by atoms with van der Waals surface area (Å²) < 4.78 is 0. The third kappa shape index (κ3) is 2.66. The first-order chi connectivity index (χ1) is 11.2. The van der Waals surface area contributed by atoms with Gasteiger partial charge in [0.05, 0.1) is 0 Å². The van der Waals surface area contributed by atoms with Crippen molar-refractivity contribution in [3.8, 4) is 0 Å². The molecule has 23 heavy (non-hydrogen) atoms. The Kier molecular flexibility index (Phi) is 3.66. The van der Waals surface area contributed by atoms with Crippen molar-refractivity contribution in [1.29, 1.82) is 0 Å². The van der Waals surface area contributed by atoms with Crippen LogP contribution in [0.15, 0.2) is 54.6 Å². The van der Waals surface area contributed by atoms with Crippen molar-refractivity contribution >= 4 is 5.91 Å². The van der Waals surface area contributed by atoms with Crippen LogP contribution in [0.3, 0.4) is 0 Å². The van der Waals surface area contributed by atoms with Gasteiger partial charge in [0.1, 0.15) is 0 Å². The molecule has 3 heteroatoms. The zero-order valence-electron chi connectivity index (χ0n) is 13.5. The monoisotopic (exact) mass is 306 g/mol. The van der Waals surface area contributed by atoms with Gasteiger partial charge in [-0.3, -0.25) is 9.69 Å². The summed E-state index contributed by atoms with van der Waals surface area (Å²) in [4.78, 5) is 17.4. The highest BCUT2D eigenvalue weighted by atomic mass is 16.2. The Morgan fingerprint density at radius 2 is 1.74 bits per heavy atom. The quantitative estimate of drug-likeness (QED) is 0.851. The van der Waals surface area contributed by atoms with Gasteiger partial charge < -0.3 is 4.90 Å². The predicted molar refractivity (Wildman–Crippen MR) is 91.3 cm³/mol. The molecule has 118 valence electrons. The third-order valence-corrected chi connectivity index (χ3v) is 5.16. The highest BCUT2D eigenvalue weighted by Gasteiger charge is 2.38. The summed E-state index contributed by atoms with van der Waals surface area (Å²) in [5.74, 6) is 0.211. The van der Waals surface area contributed by atoms with Gasteiger partial charge in [0.15, 0.2) is 0 Å². The fraction of sp³-hybridized carbons (Fsp3) is 0.350.